The van der Waals surface area contributed by atoms with Crippen LogP contribution in [0.25, 0.3) is 0 Å². The summed E-state index contributed by atoms with van der Waals surface area (Å²) in [6, 6.07) is 8.30. The van der Waals surface area contributed by atoms with Crippen molar-refractivity contribution in [3.05, 3.63) is 24.3 Å². The lowest BCUT2D eigenvalue weighted by atomic mass is 10.2. The highest BCUT2D eigenvalue weighted by Gasteiger charge is 2.16. The van der Waals surface area contributed by atoms with Gasteiger partial charge in [0.1, 0.15) is 12.4 Å². The van der Waals surface area contributed by atoms with Gasteiger partial charge in [0.2, 0.25) is 0 Å². The van der Waals surface area contributed by atoms with Gasteiger partial charge >= 0.3 is 0 Å². The maximum atomic E-state index is 5.59. The molecule has 1 aliphatic rings. The molecule has 1 heterocycles. The second-order valence-electron chi connectivity index (χ2n) is 4.95. The minimum atomic E-state index is 0.591. The number of hydrogen-bond donors (Lipinski definition) is 1. The molecule has 1 aliphatic heterocycles. The molecule has 2 N–H and O–H groups in total. The number of benzene rings is 1. The Morgan fingerprint density at radius 1 is 1.05 bits per heavy atom. The largest absolute Gasteiger partial charge is 0.491 e. The highest BCUT2D eigenvalue weighted by atomic mass is 16.5. The van der Waals surface area contributed by atoms with E-state index in [9.17, 15) is 0 Å². The van der Waals surface area contributed by atoms with Crippen molar-refractivity contribution in [2.24, 2.45) is 5.73 Å². The summed E-state index contributed by atoms with van der Waals surface area (Å²) in [5.74, 6) is 0.896. The van der Waals surface area contributed by atoms with E-state index in [0.717, 1.165) is 45.0 Å². The van der Waals surface area contributed by atoms with Gasteiger partial charge in [-0.1, -0.05) is 0 Å². The fourth-order valence-electron chi connectivity index (χ4n) is 2.41. The maximum absolute atomic E-state index is 5.59. The summed E-state index contributed by atoms with van der Waals surface area (Å²) in [5, 5.41) is 0. The van der Waals surface area contributed by atoms with E-state index < -0.39 is 0 Å². The van der Waals surface area contributed by atoms with Gasteiger partial charge in [-0.05, 0) is 24.3 Å². The van der Waals surface area contributed by atoms with Gasteiger partial charge in [-0.2, -0.15) is 0 Å². The van der Waals surface area contributed by atoms with Crippen LogP contribution in [0.3, 0.4) is 0 Å². The van der Waals surface area contributed by atoms with E-state index in [1.807, 2.05) is 12.1 Å². The summed E-state index contributed by atoms with van der Waals surface area (Å²) in [4.78, 5) is 4.82. The Kier molecular flexibility index (Phi) is 6.11. The molecule has 1 aromatic rings. The highest BCUT2D eigenvalue weighted by molar-refractivity contribution is 5.49. The molecule has 0 bridgehead atoms. The number of rotatable bonds is 7. The van der Waals surface area contributed by atoms with Crippen molar-refractivity contribution in [1.82, 2.24) is 4.90 Å². The molecule has 112 valence electrons. The zero-order valence-corrected chi connectivity index (χ0v) is 12.3. The van der Waals surface area contributed by atoms with Crippen molar-refractivity contribution in [2.75, 3.05) is 64.5 Å². The lowest BCUT2D eigenvalue weighted by Gasteiger charge is -2.35. The minimum Gasteiger partial charge on any atom is -0.491 e. The Morgan fingerprint density at radius 2 is 1.75 bits per heavy atom. The minimum absolute atomic E-state index is 0.591. The van der Waals surface area contributed by atoms with Crippen LogP contribution in [0.1, 0.15) is 0 Å². The molecule has 0 saturated carbocycles. The van der Waals surface area contributed by atoms with Gasteiger partial charge in [0.05, 0.1) is 6.61 Å². The Balaban J connectivity index is 1.81. The van der Waals surface area contributed by atoms with Gasteiger partial charge in [0.25, 0.3) is 0 Å². The molecule has 0 atom stereocenters. The molecule has 5 heteroatoms. The van der Waals surface area contributed by atoms with E-state index in [4.69, 9.17) is 15.2 Å². The van der Waals surface area contributed by atoms with E-state index >= 15 is 0 Å². The van der Waals surface area contributed by atoms with Crippen LogP contribution < -0.4 is 15.4 Å². The number of nitrogens with zero attached hydrogens (tertiary/aromatic N) is 2. The highest BCUT2D eigenvalue weighted by Crippen LogP contribution is 2.20. The van der Waals surface area contributed by atoms with Crippen LogP contribution in [-0.2, 0) is 4.74 Å². The summed E-state index contributed by atoms with van der Waals surface area (Å²) >= 11 is 0. The van der Waals surface area contributed by atoms with Crippen LogP contribution in [0.2, 0.25) is 0 Å². The van der Waals surface area contributed by atoms with Gasteiger partial charge in [0.15, 0.2) is 0 Å². The average molecular weight is 279 g/mol. The first-order valence-electron chi connectivity index (χ1n) is 7.22. The van der Waals surface area contributed by atoms with E-state index in [1.54, 1.807) is 7.11 Å². The summed E-state index contributed by atoms with van der Waals surface area (Å²) in [6.07, 6.45) is 0. The van der Waals surface area contributed by atoms with Crippen molar-refractivity contribution < 1.29 is 9.47 Å². The lowest BCUT2D eigenvalue weighted by molar-refractivity contribution is 0.146. The van der Waals surface area contributed by atoms with Crippen LogP contribution in [0.15, 0.2) is 24.3 Å². The Bertz CT molecular complexity index is 375. The zero-order valence-electron chi connectivity index (χ0n) is 12.3. The smallest absolute Gasteiger partial charge is 0.119 e. The standard InChI is InChI=1S/C15H25N3O2/c1-19-12-13-20-15-4-2-14(3-5-15)18-10-8-17(7-6-16)9-11-18/h2-5H,6-13,16H2,1H3. The van der Waals surface area contributed by atoms with E-state index in [-0.39, 0.29) is 0 Å². The maximum Gasteiger partial charge on any atom is 0.119 e. The molecule has 0 radical (unpaired) electrons. The summed E-state index contributed by atoms with van der Waals surface area (Å²) in [5.41, 5.74) is 6.85. The second kappa shape index (κ2) is 8.09. The van der Waals surface area contributed by atoms with E-state index in [2.05, 4.69) is 21.9 Å². The quantitative estimate of drug-likeness (QED) is 0.748. The number of piperazine rings is 1. The molecular formula is C15H25N3O2. The Hall–Kier alpha value is -1.30. The molecule has 0 amide bonds. The number of hydrogen-bond acceptors (Lipinski definition) is 5. The summed E-state index contributed by atoms with van der Waals surface area (Å²) < 4.78 is 10.5. The molecule has 0 spiro atoms. The lowest BCUT2D eigenvalue weighted by Crippen LogP contribution is -2.47. The molecule has 20 heavy (non-hydrogen) atoms. The fraction of sp³-hybridized carbons (Fsp3) is 0.600. The monoisotopic (exact) mass is 279 g/mol. The first-order valence-corrected chi connectivity index (χ1v) is 7.22. The van der Waals surface area contributed by atoms with Gasteiger partial charge in [-0.3, -0.25) is 4.90 Å². The van der Waals surface area contributed by atoms with E-state index in [1.165, 1.54) is 5.69 Å². The molecule has 1 saturated heterocycles. The van der Waals surface area contributed by atoms with Crippen molar-refractivity contribution in [1.29, 1.82) is 0 Å². The molecule has 1 aromatic carbocycles. The first-order chi connectivity index (χ1) is 9.83. The molecule has 2 rings (SSSR count). The number of anilines is 1. The predicted octanol–water partition coefficient (Wildman–Crippen LogP) is 0.793. The van der Waals surface area contributed by atoms with Crippen LogP contribution in [0.4, 0.5) is 5.69 Å². The summed E-state index contributed by atoms with van der Waals surface area (Å²) in [6.45, 7) is 7.24. The molecule has 0 aliphatic carbocycles. The zero-order chi connectivity index (χ0) is 14.2. The number of ether oxygens (including phenoxy) is 2. The predicted molar refractivity (Wildman–Crippen MR) is 81.5 cm³/mol. The third kappa shape index (κ3) is 4.37. The van der Waals surface area contributed by atoms with Crippen molar-refractivity contribution >= 4 is 5.69 Å². The van der Waals surface area contributed by atoms with Crippen LogP contribution >= 0.6 is 0 Å². The topological polar surface area (TPSA) is 51.0 Å². The van der Waals surface area contributed by atoms with Crippen LogP contribution in [0.5, 0.6) is 5.75 Å². The molecule has 0 aromatic heterocycles. The van der Waals surface area contributed by atoms with Crippen molar-refractivity contribution in [3.63, 3.8) is 0 Å². The third-order valence-electron chi connectivity index (χ3n) is 3.58. The molecular weight excluding hydrogens is 254 g/mol. The Labute approximate surface area is 121 Å². The van der Waals surface area contributed by atoms with Gasteiger partial charge < -0.3 is 20.1 Å². The van der Waals surface area contributed by atoms with Crippen LogP contribution in [-0.4, -0.2) is 64.5 Å². The third-order valence-corrected chi connectivity index (χ3v) is 3.58. The second-order valence-corrected chi connectivity index (χ2v) is 4.95. The molecule has 5 nitrogen and oxygen atoms in total. The first kappa shape index (κ1) is 15.1. The number of methoxy groups -OCH3 is 1. The summed E-state index contributed by atoms with van der Waals surface area (Å²) in [7, 11) is 1.68. The van der Waals surface area contributed by atoms with Gasteiger partial charge in [-0.25, -0.2) is 0 Å². The van der Waals surface area contributed by atoms with E-state index in [0.29, 0.717) is 13.2 Å². The molecule has 0 unspecified atom stereocenters. The fourth-order valence-corrected chi connectivity index (χ4v) is 2.41. The number of nitrogens with two attached hydrogens (primary N) is 1. The average Bonchev–Trinajstić information content (AvgIpc) is 2.49. The van der Waals surface area contributed by atoms with Gasteiger partial charge in [-0.15, -0.1) is 0 Å². The normalized spacial score (nSPS) is 16.4. The van der Waals surface area contributed by atoms with Gasteiger partial charge in [0, 0.05) is 52.1 Å². The van der Waals surface area contributed by atoms with Crippen molar-refractivity contribution in [3.8, 4) is 5.75 Å². The van der Waals surface area contributed by atoms with Crippen LogP contribution in [0, 0.1) is 0 Å². The molecule has 1 fully saturated rings. The van der Waals surface area contributed by atoms with Crippen molar-refractivity contribution in [2.45, 2.75) is 0 Å². The Morgan fingerprint density at radius 3 is 2.35 bits per heavy atom. The SMILES string of the molecule is COCCOc1ccc(N2CCN(CCN)CC2)cc1.